The molecule has 164 valence electrons. The average Bonchev–Trinajstić information content (AvgIpc) is 2.80. The molecule has 0 spiro atoms. The zero-order valence-corrected chi connectivity index (χ0v) is 18.6. The molecule has 1 aromatic heterocycles. The quantitative estimate of drug-likeness (QED) is 0.592. The topological polar surface area (TPSA) is 76.5 Å². The summed E-state index contributed by atoms with van der Waals surface area (Å²) in [6, 6.07) is 14.4. The first-order valence-corrected chi connectivity index (χ1v) is 10.6. The molecule has 2 amide bonds. The minimum Gasteiger partial charge on any atom is -0.383 e. The molecule has 31 heavy (non-hydrogen) atoms. The van der Waals surface area contributed by atoms with Crippen molar-refractivity contribution in [1.82, 2.24) is 14.5 Å². The van der Waals surface area contributed by atoms with Crippen LogP contribution in [0.15, 0.2) is 53.3 Å². The number of carbonyl (C=O) groups is 1. The van der Waals surface area contributed by atoms with E-state index in [1.165, 1.54) is 5.56 Å². The molecule has 1 heterocycles. The zero-order chi connectivity index (χ0) is 22.4. The Morgan fingerprint density at radius 2 is 1.87 bits per heavy atom. The van der Waals surface area contributed by atoms with E-state index >= 15 is 0 Å². The number of hydrogen-bond acceptors (Lipinski definition) is 4. The number of ether oxygens (including phenoxy) is 1. The molecule has 7 heteroatoms. The van der Waals surface area contributed by atoms with E-state index in [1.807, 2.05) is 49.4 Å². The van der Waals surface area contributed by atoms with E-state index in [0.29, 0.717) is 36.3 Å². The van der Waals surface area contributed by atoms with Crippen molar-refractivity contribution in [3.8, 4) is 0 Å². The number of aromatic nitrogens is 2. The lowest BCUT2D eigenvalue weighted by molar-refractivity contribution is 0.131. The van der Waals surface area contributed by atoms with Crippen LogP contribution in [0.1, 0.15) is 37.7 Å². The van der Waals surface area contributed by atoms with Crippen LogP contribution in [0.3, 0.4) is 0 Å². The number of hydrogen-bond donors (Lipinski definition) is 1. The van der Waals surface area contributed by atoms with Crippen molar-refractivity contribution in [1.29, 1.82) is 0 Å². The van der Waals surface area contributed by atoms with Crippen LogP contribution in [0, 0.1) is 0 Å². The van der Waals surface area contributed by atoms with Gasteiger partial charge in [-0.15, -0.1) is 0 Å². The smallest absolute Gasteiger partial charge is 0.322 e. The van der Waals surface area contributed by atoms with Gasteiger partial charge in [-0.1, -0.05) is 38.1 Å². The summed E-state index contributed by atoms with van der Waals surface area (Å²) in [5, 5.41) is 3.54. The van der Waals surface area contributed by atoms with Crippen LogP contribution in [-0.4, -0.2) is 40.7 Å². The normalized spacial score (nSPS) is 12.0. The summed E-state index contributed by atoms with van der Waals surface area (Å²) in [5.74, 6) is 0.554. The van der Waals surface area contributed by atoms with E-state index in [4.69, 9.17) is 9.72 Å². The number of para-hydroxylation sites is 1. The molecule has 0 bridgehead atoms. The fourth-order valence-electron chi connectivity index (χ4n) is 3.68. The van der Waals surface area contributed by atoms with Gasteiger partial charge in [0.2, 0.25) is 0 Å². The fourth-order valence-corrected chi connectivity index (χ4v) is 3.68. The highest BCUT2D eigenvalue weighted by Crippen LogP contribution is 2.24. The third-order valence-electron chi connectivity index (χ3n) is 5.49. The van der Waals surface area contributed by atoms with Crippen molar-refractivity contribution >= 4 is 22.6 Å². The minimum absolute atomic E-state index is 0.124. The highest BCUT2D eigenvalue weighted by atomic mass is 16.5. The summed E-state index contributed by atoms with van der Waals surface area (Å²) in [7, 11) is 3.31. The van der Waals surface area contributed by atoms with Crippen LogP contribution in [0.5, 0.6) is 0 Å². The number of amides is 2. The van der Waals surface area contributed by atoms with Crippen LogP contribution in [0.2, 0.25) is 0 Å². The molecule has 0 saturated carbocycles. The van der Waals surface area contributed by atoms with Gasteiger partial charge in [0.05, 0.1) is 23.6 Å². The lowest BCUT2D eigenvalue weighted by Crippen LogP contribution is -2.42. The number of benzene rings is 2. The lowest BCUT2D eigenvalue weighted by atomic mass is 10.1. The van der Waals surface area contributed by atoms with Gasteiger partial charge in [0.15, 0.2) is 0 Å². The Balaban J connectivity index is 1.97. The molecule has 0 fully saturated rings. The largest absolute Gasteiger partial charge is 0.383 e. The first-order valence-electron chi connectivity index (χ1n) is 10.6. The molecule has 3 rings (SSSR count). The van der Waals surface area contributed by atoms with E-state index in [-0.39, 0.29) is 17.6 Å². The van der Waals surface area contributed by atoms with Gasteiger partial charge < -0.3 is 15.0 Å². The number of nitrogens with one attached hydrogen (secondary N) is 1. The maximum Gasteiger partial charge on any atom is 0.322 e. The molecule has 0 radical (unpaired) electrons. The van der Waals surface area contributed by atoms with Gasteiger partial charge >= 0.3 is 6.03 Å². The van der Waals surface area contributed by atoms with Crippen LogP contribution >= 0.6 is 0 Å². The molecule has 0 saturated heterocycles. The number of aryl methyl sites for hydroxylation is 1. The summed E-state index contributed by atoms with van der Waals surface area (Å²) >= 11 is 0. The van der Waals surface area contributed by atoms with Gasteiger partial charge in [0, 0.05) is 26.4 Å². The van der Waals surface area contributed by atoms with Crippen molar-refractivity contribution in [2.45, 2.75) is 32.7 Å². The Hall–Kier alpha value is -3.19. The monoisotopic (exact) mass is 422 g/mol. The predicted octanol–water partition coefficient (Wildman–Crippen LogP) is 4.13. The molecule has 0 aliphatic heterocycles. The molecule has 3 aromatic rings. The molecular weight excluding hydrogens is 392 g/mol. The summed E-state index contributed by atoms with van der Waals surface area (Å²) in [4.78, 5) is 32.6. The summed E-state index contributed by atoms with van der Waals surface area (Å²) < 4.78 is 6.79. The summed E-state index contributed by atoms with van der Waals surface area (Å²) in [6.45, 7) is 4.82. The number of carbonyl (C=O) groups excluding carboxylic acids is 1. The van der Waals surface area contributed by atoms with Crippen molar-refractivity contribution in [2.75, 3.05) is 25.6 Å². The van der Waals surface area contributed by atoms with Crippen molar-refractivity contribution in [3.63, 3.8) is 0 Å². The van der Waals surface area contributed by atoms with E-state index in [9.17, 15) is 9.59 Å². The van der Waals surface area contributed by atoms with Crippen molar-refractivity contribution in [2.24, 2.45) is 7.05 Å². The number of fused-ring (bicyclic) bond motifs is 1. The summed E-state index contributed by atoms with van der Waals surface area (Å²) in [5.41, 5.74) is 2.43. The third-order valence-corrected chi connectivity index (χ3v) is 5.49. The molecule has 2 aromatic carbocycles. The summed E-state index contributed by atoms with van der Waals surface area (Å²) in [6.07, 6.45) is 1.54. The second-order valence-electron chi connectivity index (χ2n) is 7.44. The van der Waals surface area contributed by atoms with Crippen LogP contribution in [0.25, 0.3) is 10.9 Å². The fraction of sp³-hybridized carbons (Fsp3) is 0.375. The van der Waals surface area contributed by atoms with E-state index in [0.717, 1.165) is 12.1 Å². The molecule has 1 N–H and O–H groups in total. The lowest BCUT2D eigenvalue weighted by Gasteiger charge is -2.31. The number of anilines is 1. The van der Waals surface area contributed by atoms with E-state index in [1.54, 1.807) is 29.7 Å². The molecule has 0 aliphatic rings. The van der Waals surface area contributed by atoms with Crippen LogP contribution in [0.4, 0.5) is 10.5 Å². The third kappa shape index (κ3) is 4.94. The number of methoxy groups -OCH3 is 1. The first-order chi connectivity index (χ1) is 15.0. The average molecular weight is 423 g/mol. The van der Waals surface area contributed by atoms with Crippen LogP contribution in [-0.2, 0) is 18.2 Å². The number of nitrogens with zero attached hydrogens (tertiary/aromatic N) is 3. The zero-order valence-electron chi connectivity index (χ0n) is 18.6. The molecule has 1 atom stereocenters. The Bertz CT molecular complexity index is 1090. The van der Waals surface area contributed by atoms with Crippen molar-refractivity contribution < 1.29 is 9.53 Å². The van der Waals surface area contributed by atoms with Gasteiger partial charge in [-0.3, -0.25) is 9.36 Å². The Labute approximate surface area is 182 Å². The Morgan fingerprint density at radius 1 is 1.16 bits per heavy atom. The maximum atomic E-state index is 13.3. The van der Waals surface area contributed by atoms with E-state index in [2.05, 4.69) is 12.2 Å². The number of urea groups is 1. The molecular formula is C24H30N4O3. The SMILES string of the molecule is CCc1ccc(NC(=O)N(CCOC)C(CC)c2nc3ccccc3c(=O)n2C)cc1. The standard InChI is InChI=1S/C24H30N4O3/c1-5-17-11-13-18(14-12-17)25-24(30)28(15-16-31-4)21(6-2)22-26-20-10-8-7-9-19(20)23(29)27(22)3/h7-14,21H,5-6,15-16H2,1-4H3,(H,25,30). The van der Waals surface area contributed by atoms with Gasteiger partial charge in [-0.05, 0) is 42.7 Å². The minimum atomic E-state index is -0.382. The molecule has 0 aliphatic carbocycles. The highest BCUT2D eigenvalue weighted by Gasteiger charge is 2.27. The second kappa shape index (κ2) is 10.2. The van der Waals surface area contributed by atoms with Gasteiger partial charge in [-0.25, -0.2) is 9.78 Å². The predicted molar refractivity (Wildman–Crippen MR) is 123 cm³/mol. The van der Waals surface area contributed by atoms with Gasteiger partial charge in [0.1, 0.15) is 5.82 Å². The van der Waals surface area contributed by atoms with Crippen molar-refractivity contribution in [3.05, 3.63) is 70.3 Å². The highest BCUT2D eigenvalue weighted by molar-refractivity contribution is 5.89. The van der Waals surface area contributed by atoms with Crippen LogP contribution < -0.4 is 10.9 Å². The van der Waals surface area contributed by atoms with E-state index < -0.39 is 0 Å². The maximum absolute atomic E-state index is 13.3. The van der Waals surface area contributed by atoms with Gasteiger partial charge in [0.25, 0.3) is 5.56 Å². The first kappa shape index (κ1) is 22.5. The Morgan fingerprint density at radius 3 is 2.52 bits per heavy atom. The molecule has 1 unspecified atom stereocenters. The molecule has 7 nitrogen and oxygen atoms in total. The number of rotatable bonds is 8. The Kier molecular flexibility index (Phi) is 7.41. The second-order valence-corrected chi connectivity index (χ2v) is 7.44. The van der Waals surface area contributed by atoms with Gasteiger partial charge in [-0.2, -0.15) is 0 Å².